The van der Waals surface area contributed by atoms with Crippen molar-refractivity contribution in [1.82, 2.24) is 0 Å². The van der Waals surface area contributed by atoms with E-state index in [0.717, 1.165) is 6.42 Å². The number of hydrogen-bond donors (Lipinski definition) is 2. The third-order valence-corrected chi connectivity index (χ3v) is 4.82. The molecule has 2 nitrogen and oxygen atoms in total. The Bertz CT molecular complexity index is 452. The molecule has 0 bridgehead atoms. The quantitative estimate of drug-likeness (QED) is 0.801. The fourth-order valence-corrected chi connectivity index (χ4v) is 3.91. The summed E-state index contributed by atoms with van der Waals surface area (Å²) < 4.78 is 0. The van der Waals surface area contributed by atoms with Crippen molar-refractivity contribution in [3.05, 3.63) is 47.5 Å². The number of allylic oxidation sites excluding steroid dienone is 1. The lowest BCUT2D eigenvalue weighted by atomic mass is 9.63. The zero-order valence-corrected chi connectivity index (χ0v) is 11.2. The molecule has 0 saturated heterocycles. The summed E-state index contributed by atoms with van der Waals surface area (Å²) in [4.78, 5) is 0. The van der Waals surface area contributed by atoms with Crippen molar-refractivity contribution in [1.29, 1.82) is 0 Å². The van der Waals surface area contributed by atoms with Gasteiger partial charge in [0.15, 0.2) is 0 Å². The van der Waals surface area contributed by atoms with E-state index in [1.54, 1.807) is 0 Å². The summed E-state index contributed by atoms with van der Waals surface area (Å²) >= 11 is 0. The van der Waals surface area contributed by atoms with E-state index in [0.29, 0.717) is 5.92 Å². The largest absolute Gasteiger partial charge is 0.396 e. The molecule has 19 heavy (non-hydrogen) atoms. The normalized spacial score (nSPS) is 34.5. The molecular formula is C17H22O2. The number of aliphatic hydroxyl groups is 2. The molecule has 0 spiro atoms. The Kier molecular flexibility index (Phi) is 3.72. The van der Waals surface area contributed by atoms with Gasteiger partial charge in [0.05, 0.1) is 6.10 Å². The Morgan fingerprint density at radius 1 is 1.11 bits per heavy atom. The fourth-order valence-electron chi connectivity index (χ4n) is 3.91. The van der Waals surface area contributed by atoms with Gasteiger partial charge in [0.25, 0.3) is 0 Å². The molecule has 1 aromatic rings. The lowest BCUT2D eigenvalue weighted by molar-refractivity contribution is 0.0556. The molecule has 1 fully saturated rings. The first kappa shape index (κ1) is 12.9. The van der Waals surface area contributed by atoms with Crippen LogP contribution in [0.2, 0.25) is 0 Å². The number of fused-ring (bicyclic) bond motifs is 1. The Morgan fingerprint density at radius 2 is 1.89 bits per heavy atom. The van der Waals surface area contributed by atoms with Gasteiger partial charge in [0.1, 0.15) is 0 Å². The maximum absolute atomic E-state index is 10.3. The standard InChI is InChI=1S/C17H22O2/c18-11-15-16(19)10-13-8-4-5-9-14(13)17(15)12-6-2-1-3-7-12/h1-3,6-7,10,14-19H,4-5,8-9,11H2/t14-,15-,16+,17?/m0/s1. The second kappa shape index (κ2) is 5.48. The van der Waals surface area contributed by atoms with E-state index >= 15 is 0 Å². The highest BCUT2D eigenvalue weighted by atomic mass is 16.3. The molecular weight excluding hydrogens is 236 g/mol. The Labute approximate surface area is 114 Å². The minimum atomic E-state index is -0.500. The predicted molar refractivity (Wildman–Crippen MR) is 75.8 cm³/mol. The van der Waals surface area contributed by atoms with E-state index in [4.69, 9.17) is 0 Å². The minimum absolute atomic E-state index is 0.0566. The molecule has 0 aromatic heterocycles. The molecule has 2 N–H and O–H groups in total. The summed E-state index contributed by atoms with van der Waals surface area (Å²) in [6.45, 7) is 0.0566. The fraction of sp³-hybridized carbons (Fsp3) is 0.529. The van der Waals surface area contributed by atoms with E-state index in [9.17, 15) is 10.2 Å². The van der Waals surface area contributed by atoms with Crippen molar-refractivity contribution in [3.8, 4) is 0 Å². The van der Waals surface area contributed by atoms with Gasteiger partial charge in [-0.3, -0.25) is 0 Å². The summed E-state index contributed by atoms with van der Waals surface area (Å²) in [5.41, 5.74) is 2.68. The van der Waals surface area contributed by atoms with Crippen molar-refractivity contribution >= 4 is 0 Å². The van der Waals surface area contributed by atoms with Crippen LogP contribution in [0.15, 0.2) is 42.0 Å². The van der Waals surface area contributed by atoms with E-state index in [1.165, 1.54) is 30.4 Å². The third kappa shape index (κ3) is 2.35. The molecule has 0 amide bonds. The Balaban J connectivity index is 2.00. The first-order chi connectivity index (χ1) is 9.31. The van der Waals surface area contributed by atoms with Gasteiger partial charge >= 0.3 is 0 Å². The summed E-state index contributed by atoms with van der Waals surface area (Å²) in [5, 5.41) is 20.0. The first-order valence-electron chi connectivity index (χ1n) is 7.35. The molecule has 2 aliphatic carbocycles. The lowest BCUT2D eigenvalue weighted by Crippen LogP contribution is -2.38. The van der Waals surface area contributed by atoms with E-state index in [2.05, 4.69) is 24.3 Å². The molecule has 0 aliphatic heterocycles. The molecule has 1 saturated carbocycles. The molecule has 0 heterocycles. The van der Waals surface area contributed by atoms with Crippen molar-refractivity contribution in [3.63, 3.8) is 0 Å². The zero-order chi connectivity index (χ0) is 13.2. The molecule has 4 atom stereocenters. The van der Waals surface area contributed by atoms with E-state index < -0.39 is 6.10 Å². The maximum Gasteiger partial charge on any atom is 0.0779 e. The molecule has 1 aromatic carbocycles. The van der Waals surface area contributed by atoms with Crippen molar-refractivity contribution in [2.45, 2.75) is 37.7 Å². The SMILES string of the molecule is OC[C@@H]1C(c2ccccc2)[C@H]2CCCCC2=C[C@H]1O. The highest BCUT2D eigenvalue weighted by Crippen LogP contribution is 2.47. The molecule has 2 heteroatoms. The van der Waals surface area contributed by atoms with Gasteiger partial charge in [-0.25, -0.2) is 0 Å². The van der Waals surface area contributed by atoms with Gasteiger partial charge < -0.3 is 10.2 Å². The van der Waals surface area contributed by atoms with Crippen molar-refractivity contribution < 1.29 is 10.2 Å². The van der Waals surface area contributed by atoms with E-state index in [-0.39, 0.29) is 18.4 Å². The van der Waals surface area contributed by atoms with Gasteiger partial charge in [-0.1, -0.05) is 48.4 Å². The summed E-state index contributed by atoms with van der Waals surface area (Å²) in [7, 11) is 0. The Hall–Kier alpha value is -1.12. The predicted octanol–water partition coefficient (Wildman–Crippen LogP) is 2.87. The van der Waals surface area contributed by atoms with Gasteiger partial charge in [0.2, 0.25) is 0 Å². The lowest BCUT2D eigenvalue weighted by Gasteiger charge is -2.43. The van der Waals surface area contributed by atoms with Crippen LogP contribution >= 0.6 is 0 Å². The summed E-state index contributed by atoms with van der Waals surface area (Å²) in [6, 6.07) is 10.4. The maximum atomic E-state index is 10.3. The van der Waals surface area contributed by atoms with Crippen LogP contribution in [0.3, 0.4) is 0 Å². The summed E-state index contributed by atoms with van der Waals surface area (Å²) in [6.07, 6.45) is 6.32. The van der Waals surface area contributed by atoms with Crippen molar-refractivity contribution in [2.24, 2.45) is 11.8 Å². The van der Waals surface area contributed by atoms with Crippen LogP contribution in [-0.2, 0) is 0 Å². The molecule has 0 radical (unpaired) electrons. The highest BCUT2D eigenvalue weighted by molar-refractivity contribution is 5.30. The van der Waals surface area contributed by atoms with Crippen LogP contribution in [0.5, 0.6) is 0 Å². The third-order valence-electron chi connectivity index (χ3n) is 4.82. The topological polar surface area (TPSA) is 40.5 Å². The molecule has 3 rings (SSSR count). The van der Waals surface area contributed by atoms with Crippen LogP contribution in [-0.4, -0.2) is 22.9 Å². The van der Waals surface area contributed by atoms with Crippen LogP contribution in [0.1, 0.15) is 37.2 Å². The number of rotatable bonds is 2. The van der Waals surface area contributed by atoms with E-state index in [1.807, 2.05) is 12.1 Å². The second-order valence-corrected chi connectivity index (χ2v) is 5.87. The van der Waals surface area contributed by atoms with Crippen LogP contribution in [0.4, 0.5) is 0 Å². The number of aliphatic hydroxyl groups excluding tert-OH is 2. The smallest absolute Gasteiger partial charge is 0.0779 e. The number of hydrogen-bond acceptors (Lipinski definition) is 2. The van der Waals surface area contributed by atoms with Gasteiger partial charge in [-0.05, 0) is 36.7 Å². The summed E-state index contributed by atoms with van der Waals surface area (Å²) in [5.74, 6) is 0.715. The van der Waals surface area contributed by atoms with Crippen LogP contribution in [0.25, 0.3) is 0 Å². The second-order valence-electron chi connectivity index (χ2n) is 5.87. The molecule has 1 unspecified atom stereocenters. The van der Waals surface area contributed by atoms with Crippen molar-refractivity contribution in [2.75, 3.05) is 6.61 Å². The molecule has 2 aliphatic rings. The average Bonchev–Trinajstić information content (AvgIpc) is 2.46. The first-order valence-corrected chi connectivity index (χ1v) is 7.35. The van der Waals surface area contributed by atoms with Crippen LogP contribution in [0, 0.1) is 11.8 Å². The minimum Gasteiger partial charge on any atom is -0.396 e. The Morgan fingerprint density at radius 3 is 2.63 bits per heavy atom. The zero-order valence-electron chi connectivity index (χ0n) is 11.2. The van der Waals surface area contributed by atoms with Gasteiger partial charge in [0, 0.05) is 12.5 Å². The number of benzene rings is 1. The highest BCUT2D eigenvalue weighted by Gasteiger charge is 2.40. The average molecular weight is 258 g/mol. The van der Waals surface area contributed by atoms with Crippen LogP contribution < -0.4 is 0 Å². The monoisotopic (exact) mass is 258 g/mol. The van der Waals surface area contributed by atoms with Gasteiger partial charge in [-0.15, -0.1) is 0 Å². The van der Waals surface area contributed by atoms with Gasteiger partial charge in [-0.2, -0.15) is 0 Å². The molecule has 102 valence electrons.